The maximum Gasteiger partial charge on any atom is 0.262 e. The molecule has 9 nitrogen and oxygen atoms in total. The number of carbonyl (C=O) groups excluding carboxylic acids is 3. The summed E-state index contributed by atoms with van der Waals surface area (Å²) in [6, 6.07) is 18.0. The van der Waals surface area contributed by atoms with Gasteiger partial charge in [-0.2, -0.15) is 4.98 Å². The number of fused-ring (bicyclic) bond motifs is 1. The number of likely N-dealkylation sites (tertiary alicyclic amines) is 1. The standard InChI is InChI=1S/C32H36ClN5O4/c1-22(39)34-26-14-17-37(18-15-26)19-20-42-29-13-11-27(30(35-29)36-31(40)23-7-3-2-4-8-23)32(41)38-16-6-5-9-24-21-25(33)10-12-28(24)38/h2-4,7-8,10-13,21,26H,5-6,9,14-20H2,1H3,(H,34,39)(H,35,36,40). The zero-order valence-corrected chi connectivity index (χ0v) is 24.5. The van der Waals surface area contributed by atoms with Crippen molar-refractivity contribution in [2.45, 2.75) is 45.1 Å². The zero-order chi connectivity index (χ0) is 29.5. The fourth-order valence-corrected chi connectivity index (χ4v) is 5.70. The molecule has 3 heterocycles. The van der Waals surface area contributed by atoms with Gasteiger partial charge in [-0.1, -0.05) is 29.8 Å². The van der Waals surface area contributed by atoms with Crippen LogP contribution in [-0.2, 0) is 11.2 Å². The van der Waals surface area contributed by atoms with Crippen LogP contribution in [0.3, 0.4) is 0 Å². The molecule has 0 atom stereocenters. The van der Waals surface area contributed by atoms with Gasteiger partial charge in [0.1, 0.15) is 12.4 Å². The van der Waals surface area contributed by atoms with Gasteiger partial charge >= 0.3 is 0 Å². The Labute approximate surface area is 251 Å². The number of benzene rings is 2. The number of piperidine rings is 1. The SMILES string of the molecule is CC(=O)NC1CCN(CCOc2ccc(C(=O)N3CCCCc4cc(Cl)ccc43)c(NC(=O)c3ccccc3)n2)CC1. The summed E-state index contributed by atoms with van der Waals surface area (Å²) in [7, 11) is 0. The van der Waals surface area contributed by atoms with Crippen LogP contribution in [0.15, 0.2) is 60.7 Å². The summed E-state index contributed by atoms with van der Waals surface area (Å²) in [6.07, 6.45) is 4.44. The summed E-state index contributed by atoms with van der Waals surface area (Å²) >= 11 is 6.26. The highest BCUT2D eigenvalue weighted by molar-refractivity contribution is 6.30. The summed E-state index contributed by atoms with van der Waals surface area (Å²) in [6.45, 7) is 4.94. The predicted octanol–water partition coefficient (Wildman–Crippen LogP) is 4.95. The molecule has 2 aliphatic rings. The number of nitrogens with zero attached hydrogens (tertiary/aromatic N) is 3. The Bertz CT molecular complexity index is 1430. The van der Waals surface area contributed by atoms with Crippen molar-refractivity contribution in [2.75, 3.05) is 43.0 Å². The molecule has 2 N–H and O–H groups in total. The predicted molar refractivity (Wildman–Crippen MR) is 163 cm³/mol. The fourth-order valence-electron chi connectivity index (χ4n) is 5.51. The average Bonchev–Trinajstić information content (AvgIpc) is 3.20. The van der Waals surface area contributed by atoms with Gasteiger partial charge in [0.25, 0.3) is 11.8 Å². The van der Waals surface area contributed by atoms with Crippen LogP contribution in [0, 0.1) is 0 Å². The van der Waals surface area contributed by atoms with E-state index < -0.39 is 0 Å². The Kier molecular flexibility index (Phi) is 9.71. The molecule has 42 heavy (non-hydrogen) atoms. The lowest BCUT2D eigenvalue weighted by Gasteiger charge is -2.31. The average molecular weight is 590 g/mol. The molecule has 0 unspecified atom stereocenters. The molecule has 2 aromatic carbocycles. The first-order valence-corrected chi connectivity index (χ1v) is 14.8. The number of hydrogen-bond donors (Lipinski definition) is 2. The lowest BCUT2D eigenvalue weighted by molar-refractivity contribution is -0.120. The van der Waals surface area contributed by atoms with E-state index in [4.69, 9.17) is 16.3 Å². The highest BCUT2D eigenvalue weighted by Crippen LogP contribution is 2.31. The number of amides is 3. The van der Waals surface area contributed by atoms with Crippen molar-refractivity contribution < 1.29 is 19.1 Å². The van der Waals surface area contributed by atoms with E-state index in [9.17, 15) is 14.4 Å². The number of pyridine rings is 1. The van der Waals surface area contributed by atoms with E-state index in [1.807, 2.05) is 18.2 Å². The Morgan fingerprint density at radius 1 is 1.00 bits per heavy atom. The van der Waals surface area contributed by atoms with Crippen molar-refractivity contribution in [2.24, 2.45) is 0 Å². The molecular formula is C32H36ClN5O4. The molecule has 3 amide bonds. The molecule has 0 spiro atoms. The van der Waals surface area contributed by atoms with E-state index in [0.29, 0.717) is 36.2 Å². The second-order valence-electron chi connectivity index (χ2n) is 10.7. The molecule has 2 aliphatic heterocycles. The molecule has 5 rings (SSSR count). The number of aromatic nitrogens is 1. The summed E-state index contributed by atoms with van der Waals surface area (Å²) in [5.74, 6) is -0.123. The third-order valence-electron chi connectivity index (χ3n) is 7.68. The van der Waals surface area contributed by atoms with E-state index in [2.05, 4.69) is 20.5 Å². The molecule has 220 valence electrons. The second-order valence-corrected chi connectivity index (χ2v) is 11.2. The van der Waals surface area contributed by atoms with Gasteiger partial charge in [-0.3, -0.25) is 19.3 Å². The number of carbonyl (C=O) groups is 3. The smallest absolute Gasteiger partial charge is 0.262 e. The van der Waals surface area contributed by atoms with Crippen LogP contribution in [0.25, 0.3) is 0 Å². The van der Waals surface area contributed by atoms with Crippen molar-refractivity contribution in [1.82, 2.24) is 15.2 Å². The van der Waals surface area contributed by atoms with Crippen LogP contribution in [0.5, 0.6) is 5.88 Å². The zero-order valence-electron chi connectivity index (χ0n) is 23.8. The van der Waals surface area contributed by atoms with Gasteiger partial charge in [-0.25, -0.2) is 0 Å². The first-order valence-electron chi connectivity index (χ1n) is 14.5. The van der Waals surface area contributed by atoms with E-state index in [1.165, 1.54) is 0 Å². The number of rotatable bonds is 8. The normalized spacial score (nSPS) is 15.8. The van der Waals surface area contributed by atoms with Crippen LogP contribution < -0.4 is 20.3 Å². The summed E-state index contributed by atoms with van der Waals surface area (Å²) in [5.41, 5.74) is 2.60. The number of nitrogens with one attached hydrogen (secondary N) is 2. The van der Waals surface area contributed by atoms with Gasteiger partial charge in [0.2, 0.25) is 11.8 Å². The fraction of sp³-hybridized carbons (Fsp3) is 0.375. The minimum absolute atomic E-state index is 0.00407. The van der Waals surface area contributed by atoms with Crippen LogP contribution in [-0.4, -0.2) is 66.4 Å². The molecule has 0 radical (unpaired) electrons. The van der Waals surface area contributed by atoms with E-state index in [0.717, 1.165) is 56.4 Å². The molecule has 0 saturated carbocycles. The van der Waals surface area contributed by atoms with E-state index >= 15 is 0 Å². The summed E-state index contributed by atoms with van der Waals surface area (Å²) < 4.78 is 5.98. The van der Waals surface area contributed by atoms with Crippen LogP contribution in [0.4, 0.5) is 11.5 Å². The van der Waals surface area contributed by atoms with Crippen LogP contribution in [0.1, 0.15) is 58.9 Å². The largest absolute Gasteiger partial charge is 0.476 e. The van der Waals surface area contributed by atoms with Crippen molar-refractivity contribution in [3.05, 3.63) is 82.4 Å². The Morgan fingerprint density at radius 2 is 1.79 bits per heavy atom. The molecule has 10 heteroatoms. The number of hydrogen-bond acceptors (Lipinski definition) is 6. The number of aryl methyl sites for hydroxylation is 1. The quantitative estimate of drug-likeness (QED) is 0.385. The highest BCUT2D eigenvalue weighted by atomic mass is 35.5. The Hall–Kier alpha value is -3.95. The van der Waals surface area contributed by atoms with Gasteiger partial charge in [-0.15, -0.1) is 0 Å². The molecule has 1 fully saturated rings. The molecule has 0 bridgehead atoms. The van der Waals surface area contributed by atoms with Gasteiger partial charge in [0.05, 0.1) is 5.56 Å². The van der Waals surface area contributed by atoms with Gasteiger partial charge < -0.3 is 20.3 Å². The number of ether oxygens (including phenoxy) is 1. The summed E-state index contributed by atoms with van der Waals surface area (Å²) in [5, 5.41) is 6.48. The molecule has 3 aromatic rings. The lowest BCUT2D eigenvalue weighted by atomic mass is 10.1. The first kappa shape index (κ1) is 29.5. The van der Waals surface area contributed by atoms with Crippen molar-refractivity contribution in [3.8, 4) is 5.88 Å². The maximum atomic E-state index is 14.0. The van der Waals surface area contributed by atoms with Crippen LogP contribution >= 0.6 is 11.6 Å². The minimum atomic E-state index is -0.362. The molecule has 0 aliphatic carbocycles. The third kappa shape index (κ3) is 7.46. The van der Waals surface area contributed by atoms with Crippen LogP contribution in [0.2, 0.25) is 5.02 Å². The third-order valence-corrected chi connectivity index (χ3v) is 7.91. The molecule has 1 aromatic heterocycles. The maximum absolute atomic E-state index is 14.0. The molecule has 1 saturated heterocycles. The Morgan fingerprint density at radius 3 is 2.55 bits per heavy atom. The monoisotopic (exact) mass is 589 g/mol. The second kappa shape index (κ2) is 13.8. The van der Waals surface area contributed by atoms with Crippen molar-refractivity contribution in [3.63, 3.8) is 0 Å². The summed E-state index contributed by atoms with van der Waals surface area (Å²) in [4.78, 5) is 47.1. The minimum Gasteiger partial charge on any atom is -0.476 e. The van der Waals surface area contributed by atoms with Gasteiger partial charge in [0.15, 0.2) is 0 Å². The van der Waals surface area contributed by atoms with E-state index in [-0.39, 0.29) is 35.1 Å². The number of anilines is 2. The van der Waals surface area contributed by atoms with Gasteiger partial charge in [-0.05, 0) is 74.1 Å². The molecular weight excluding hydrogens is 554 g/mol. The Balaban J connectivity index is 1.33. The van der Waals surface area contributed by atoms with Crippen molar-refractivity contribution >= 4 is 40.8 Å². The van der Waals surface area contributed by atoms with E-state index in [1.54, 1.807) is 54.3 Å². The van der Waals surface area contributed by atoms with Crippen molar-refractivity contribution in [1.29, 1.82) is 0 Å². The number of halogens is 1. The lowest BCUT2D eigenvalue weighted by Crippen LogP contribution is -2.45. The van der Waals surface area contributed by atoms with Gasteiger partial charge in [0, 0.05) is 61.5 Å². The first-order chi connectivity index (χ1) is 20.4. The highest BCUT2D eigenvalue weighted by Gasteiger charge is 2.26. The topological polar surface area (TPSA) is 104 Å².